The molecule has 27 heavy (non-hydrogen) atoms. The van der Waals surface area contributed by atoms with Gasteiger partial charge < -0.3 is 9.64 Å². The fraction of sp³-hybridized carbons (Fsp3) is 0.667. The monoisotopic (exact) mass is 431 g/mol. The summed E-state index contributed by atoms with van der Waals surface area (Å²) in [7, 11) is -1.29. The summed E-state index contributed by atoms with van der Waals surface area (Å²) >= 11 is 6.96. The minimum absolute atomic E-state index is 0.0707. The Morgan fingerprint density at radius 3 is 2.48 bits per heavy atom. The average Bonchev–Trinajstić information content (AvgIpc) is 3.11. The third-order valence-electron chi connectivity index (χ3n) is 4.96. The van der Waals surface area contributed by atoms with Gasteiger partial charge in [0.05, 0.1) is 17.0 Å². The van der Waals surface area contributed by atoms with Gasteiger partial charge in [-0.05, 0) is 32.0 Å². The quantitative estimate of drug-likeness (QED) is 0.665. The normalized spacial score (nSPS) is 21.1. The van der Waals surface area contributed by atoms with Crippen LogP contribution in [0.2, 0.25) is 4.34 Å². The van der Waals surface area contributed by atoms with Crippen LogP contribution in [0.1, 0.15) is 12.8 Å². The van der Waals surface area contributed by atoms with E-state index < -0.39 is 10.0 Å². The molecule has 0 spiro atoms. The number of piperazine rings is 1. The molecule has 0 unspecified atom stereocenters. The second-order valence-electron chi connectivity index (χ2n) is 6.91. The smallest absolute Gasteiger partial charge is 0.252 e. The van der Waals surface area contributed by atoms with Gasteiger partial charge in [-0.1, -0.05) is 23.4 Å². The number of thiophene rings is 1. The van der Waals surface area contributed by atoms with Crippen molar-refractivity contribution in [2.45, 2.75) is 23.2 Å². The lowest BCUT2D eigenvalue weighted by atomic mass is 10.1. The maximum atomic E-state index is 12.6. The highest BCUT2D eigenvalue weighted by Gasteiger charge is 2.30. The molecule has 0 atom stereocenters. The van der Waals surface area contributed by atoms with Crippen molar-refractivity contribution in [3.63, 3.8) is 0 Å². The first-order valence-corrected chi connectivity index (χ1v) is 11.8. The summed E-state index contributed by atoms with van der Waals surface area (Å²) in [4.78, 5) is 4.68. The van der Waals surface area contributed by atoms with E-state index in [1.807, 2.05) is 0 Å². The highest BCUT2D eigenvalue weighted by Crippen LogP contribution is 2.29. The largest absolute Gasteiger partial charge is 0.365 e. The lowest BCUT2D eigenvalue weighted by molar-refractivity contribution is 0.0409. The van der Waals surface area contributed by atoms with Crippen molar-refractivity contribution >= 4 is 33.0 Å². The number of ether oxygens (including phenoxy) is 1. The van der Waals surface area contributed by atoms with Crippen LogP contribution in [0.25, 0.3) is 0 Å². The van der Waals surface area contributed by atoms with Crippen LogP contribution in [-0.4, -0.2) is 88.1 Å². The zero-order valence-corrected chi connectivity index (χ0v) is 18.0. The van der Waals surface area contributed by atoms with Crippen molar-refractivity contribution in [1.82, 2.24) is 14.1 Å². The molecule has 0 aromatic carbocycles. The molecule has 2 fully saturated rings. The molecule has 2 saturated heterocycles. The molecular formula is C18H26ClN3O3S2. The second-order valence-corrected chi connectivity index (χ2v) is 10.8. The Balaban J connectivity index is 1.37. The Hall–Kier alpha value is -0.660. The first-order chi connectivity index (χ1) is 12.9. The Morgan fingerprint density at radius 2 is 1.85 bits per heavy atom. The number of hydrogen-bond donors (Lipinski definition) is 0. The van der Waals surface area contributed by atoms with Gasteiger partial charge in [-0.15, -0.1) is 11.3 Å². The molecule has 3 rings (SSSR count). The fourth-order valence-electron chi connectivity index (χ4n) is 3.19. The van der Waals surface area contributed by atoms with Crippen molar-refractivity contribution in [1.29, 1.82) is 0 Å². The summed E-state index contributed by atoms with van der Waals surface area (Å²) < 4.78 is 33.3. The van der Waals surface area contributed by atoms with Crippen LogP contribution in [0, 0.1) is 11.8 Å². The summed E-state index contributed by atoms with van der Waals surface area (Å²) in [6.45, 7) is 6.45. The van der Waals surface area contributed by atoms with Crippen molar-refractivity contribution in [2.75, 3.05) is 59.5 Å². The SMILES string of the molecule is CN1CCN(CC#CCOC2CCN(S(=O)(=O)c3ccc(Cl)s3)CC2)CC1. The first kappa shape index (κ1) is 21.1. The molecule has 0 radical (unpaired) electrons. The Bertz CT molecular complexity index is 771. The molecule has 2 aliphatic rings. The molecule has 1 aromatic heterocycles. The van der Waals surface area contributed by atoms with Gasteiger partial charge in [0.15, 0.2) is 0 Å². The van der Waals surface area contributed by atoms with E-state index >= 15 is 0 Å². The second kappa shape index (κ2) is 9.70. The molecule has 3 heterocycles. The Morgan fingerprint density at radius 1 is 1.15 bits per heavy atom. The molecule has 1 aromatic rings. The molecule has 9 heteroatoms. The summed E-state index contributed by atoms with van der Waals surface area (Å²) in [6, 6.07) is 3.19. The number of hydrogen-bond acceptors (Lipinski definition) is 6. The fourth-order valence-corrected chi connectivity index (χ4v) is 6.29. The van der Waals surface area contributed by atoms with Crippen LogP contribution in [0.15, 0.2) is 16.3 Å². The van der Waals surface area contributed by atoms with E-state index in [1.165, 1.54) is 4.31 Å². The van der Waals surface area contributed by atoms with E-state index in [4.69, 9.17) is 16.3 Å². The van der Waals surface area contributed by atoms with Crippen LogP contribution < -0.4 is 0 Å². The predicted octanol–water partition coefficient (Wildman–Crippen LogP) is 1.82. The zero-order chi connectivity index (χ0) is 19.3. The van der Waals surface area contributed by atoms with Gasteiger partial charge >= 0.3 is 0 Å². The lowest BCUT2D eigenvalue weighted by Crippen LogP contribution is -2.44. The third-order valence-corrected chi connectivity index (χ3v) is 8.56. The average molecular weight is 432 g/mol. The number of rotatable bonds is 5. The Labute approximate surface area is 171 Å². The van der Waals surface area contributed by atoms with Gasteiger partial charge in [0, 0.05) is 39.3 Å². The summed E-state index contributed by atoms with van der Waals surface area (Å²) in [5.41, 5.74) is 0. The summed E-state index contributed by atoms with van der Waals surface area (Å²) in [5, 5.41) is 0. The van der Waals surface area contributed by atoms with Gasteiger partial charge in [0.1, 0.15) is 10.8 Å². The molecule has 0 saturated carbocycles. The number of likely N-dealkylation sites (N-methyl/N-ethyl adjacent to an activating group) is 1. The lowest BCUT2D eigenvalue weighted by Gasteiger charge is -2.31. The van der Waals surface area contributed by atoms with Crippen LogP contribution >= 0.6 is 22.9 Å². The van der Waals surface area contributed by atoms with Crippen LogP contribution in [0.4, 0.5) is 0 Å². The maximum absolute atomic E-state index is 12.6. The molecule has 6 nitrogen and oxygen atoms in total. The highest BCUT2D eigenvalue weighted by molar-refractivity contribution is 7.91. The molecule has 0 aliphatic carbocycles. The maximum Gasteiger partial charge on any atom is 0.252 e. The van der Waals surface area contributed by atoms with Gasteiger partial charge in [0.2, 0.25) is 0 Å². The van der Waals surface area contributed by atoms with E-state index in [0.717, 1.165) is 44.1 Å². The van der Waals surface area contributed by atoms with Gasteiger partial charge in [0.25, 0.3) is 10.0 Å². The first-order valence-electron chi connectivity index (χ1n) is 9.19. The van der Waals surface area contributed by atoms with Crippen molar-refractivity contribution < 1.29 is 13.2 Å². The zero-order valence-electron chi connectivity index (χ0n) is 15.6. The van der Waals surface area contributed by atoms with Crippen LogP contribution in [-0.2, 0) is 14.8 Å². The van der Waals surface area contributed by atoms with E-state index in [1.54, 1.807) is 12.1 Å². The predicted molar refractivity (Wildman–Crippen MR) is 109 cm³/mol. The molecule has 0 N–H and O–H groups in total. The molecule has 150 valence electrons. The van der Waals surface area contributed by atoms with E-state index in [2.05, 4.69) is 28.7 Å². The van der Waals surface area contributed by atoms with Gasteiger partial charge in [-0.25, -0.2) is 8.42 Å². The number of halogens is 1. The summed E-state index contributed by atoms with van der Waals surface area (Å²) in [5.74, 6) is 6.27. The number of nitrogens with zero attached hydrogens (tertiary/aromatic N) is 3. The van der Waals surface area contributed by atoms with Crippen molar-refractivity contribution in [2.24, 2.45) is 0 Å². The topological polar surface area (TPSA) is 53.1 Å². The highest BCUT2D eigenvalue weighted by atomic mass is 35.5. The molecular weight excluding hydrogens is 406 g/mol. The minimum atomic E-state index is -3.44. The van der Waals surface area contributed by atoms with Gasteiger partial charge in [-0.2, -0.15) is 4.31 Å². The molecule has 0 bridgehead atoms. The van der Waals surface area contributed by atoms with Crippen LogP contribution in [0.5, 0.6) is 0 Å². The number of sulfonamides is 1. The van der Waals surface area contributed by atoms with Crippen molar-refractivity contribution in [3.05, 3.63) is 16.5 Å². The van der Waals surface area contributed by atoms with Gasteiger partial charge in [-0.3, -0.25) is 4.90 Å². The molecule has 2 aliphatic heterocycles. The van der Waals surface area contributed by atoms with E-state index in [-0.39, 0.29) is 6.10 Å². The Kier molecular flexibility index (Phi) is 7.57. The van der Waals surface area contributed by atoms with E-state index in [0.29, 0.717) is 41.1 Å². The third kappa shape index (κ3) is 5.91. The standard InChI is InChI=1S/C18H26ClN3O3S2/c1-20-11-13-21(14-12-20)8-2-3-15-25-16-6-9-22(10-7-16)27(23,24)18-5-4-17(19)26-18/h4-5,16H,6-15H2,1H3. The van der Waals surface area contributed by atoms with E-state index in [9.17, 15) is 8.42 Å². The number of piperidine rings is 1. The van der Waals surface area contributed by atoms with Crippen molar-refractivity contribution in [3.8, 4) is 11.8 Å². The van der Waals surface area contributed by atoms with Crippen LogP contribution in [0.3, 0.4) is 0 Å². The summed E-state index contributed by atoms with van der Waals surface area (Å²) in [6.07, 6.45) is 1.46. The minimum Gasteiger partial charge on any atom is -0.365 e. The molecule has 0 amide bonds.